The van der Waals surface area contributed by atoms with E-state index in [1.165, 1.54) is 0 Å². The van der Waals surface area contributed by atoms with Gasteiger partial charge in [-0.15, -0.1) is 5.10 Å². The van der Waals surface area contributed by atoms with Crippen molar-refractivity contribution in [2.24, 2.45) is 5.92 Å². The van der Waals surface area contributed by atoms with Crippen LogP contribution in [0.3, 0.4) is 0 Å². The van der Waals surface area contributed by atoms with E-state index in [9.17, 15) is 14.7 Å². The zero-order chi connectivity index (χ0) is 34.5. The maximum Gasteiger partial charge on any atom is 0.414 e. The molecule has 3 aromatic carbocycles. The number of aliphatic hydroxyl groups is 1. The van der Waals surface area contributed by atoms with Gasteiger partial charge < -0.3 is 23.6 Å². The van der Waals surface area contributed by atoms with Crippen molar-refractivity contribution in [3.05, 3.63) is 106 Å². The van der Waals surface area contributed by atoms with Gasteiger partial charge in [0.15, 0.2) is 5.60 Å². The summed E-state index contributed by atoms with van der Waals surface area (Å²) in [5, 5.41) is 19.3. The van der Waals surface area contributed by atoms with Gasteiger partial charge in [-0.25, -0.2) is 4.79 Å². The standard InChI is InChI=1S/C36H39ClFN5O5Si/c1-23-33(49(2,3)38)32(14-15-41-21-30(39-40-41)28(22-44)25-9-5-4-6-10-25)48-36(23)29-19-26(37)12-13-31(29)43(34(36)45)20-24-8-7-11-27(18-24)42-16-17-47-35(42)46/h4-13,18-19,21,23,28,32-33,44H,14-17,20,22H2,1-3H3/t23-,28?,32+,33-,36+/m1/s1. The molecule has 13 heteroatoms. The lowest BCUT2D eigenvalue weighted by atomic mass is 9.82. The second-order valence-corrected chi connectivity index (χ2v) is 17.8. The molecule has 7 rings (SSSR count). The monoisotopic (exact) mass is 703 g/mol. The fraction of sp³-hybridized carbons (Fsp3) is 0.389. The lowest BCUT2D eigenvalue weighted by molar-refractivity contribution is -0.146. The summed E-state index contributed by atoms with van der Waals surface area (Å²) in [6, 6.07) is 22.5. The molecule has 10 nitrogen and oxygen atoms in total. The highest BCUT2D eigenvalue weighted by Crippen LogP contribution is 2.60. The summed E-state index contributed by atoms with van der Waals surface area (Å²) >= 11 is 6.55. The van der Waals surface area contributed by atoms with Gasteiger partial charge in [0.2, 0.25) is 8.41 Å². The molecule has 1 N–H and O–H groups in total. The van der Waals surface area contributed by atoms with E-state index in [4.69, 9.17) is 21.1 Å². The number of halogens is 2. The van der Waals surface area contributed by atoms with Crippen molar-refractivity contribution in [2.75, 3.05) is 29.6 Å². The number of aryl methyl sites for hydroxylation is 1. The lowest BCUT2D eigenvalue weighted by Crippen LogP contribution is -2.45. The Hall–Kier alpha value is -4.10. The number of benzene rings is 3. The Morgan fingerprint density at radius 3 is 2.61 bits per heavy atom. The highest BCUT2D eigenvalue weighted by Gasteiger charge is 2.66. The second kappa shape index (κ2) is 13.0. The largest absolute Gasteiger partial charge is 0.447 e. The number of hydrogen-bond acceptors (Lipinski definition) is 7. The molecule has 1 spiro atoms. The Morgan fingerprint density at radius 2 is 1.90 bits per heavy atom. The van der Waals surface area contributed by atoms with Gasteiger partial charge in [-0.2, -0.15) is 0 Å². The van der Waals surface area contributed by atoms with Crippen molar-refractivity contribution < 1.29 is 28.3 Å². The van der Waals surface area contributed by atoms with Crippen LogP contribution >= 0.6 is 11.6 Å². The molecule has 0 bridgehead atoms. The van der Waals surface area contributed by atoms with Crippen LogP contribution < -0.4 is 9.80 Å². The second-order valence-electron chi connectivity index (χ2n) is 13.6. The van der Waals surface area contributed by atoms with Gasteiger partial charge in [0.05, 0.1) is 43.1 Å². The Morgan fingerprint density at radius 1 is 1.10 bits per heavy atom. The molecule has 2 saturated heterocycles. The van der Waals surface area contributed by atoms with E-state index in [2.05, 4.69) is 10.3 Å². The molecular weight excluding hydrogens is 665 g/mol. The number of aromatic nitrogens is 3. The first-order valence-electron chi connectivity index (χ1n) is 16.6. The number of carbonyl (C=O) groups excluding carboxylic acids is 2. The number of hydrogen-bond donors (Lipinski definition) is 1. The third-order valence-corrected chi connectivity index (χ3v) is 12.9. The van der Waals surface area contributed by atoms with E-state index >= 15 is 4.11 Å². The van der Waals surface area contributed by atoms with Crippen LogP contribution in [0.25, 0.3) is 0 Å². The van der Waals surface area contributed by atoms with E-state index in [1.54, 1.807) is 39.7 Å². The SMILES string of the molecule is C[C@@H]1[C@@H]([Si](C)(C)F)[C@H](CCn2cc(C(CO)c3ccccc3)nn2)O[C@@]12C(=O)N(Cc1cccc(N3CCOC3=O)c1)c1ccc(Cl)cc12. The predicted octanol–water partition coefficient (Wildman–Crippen LogP) is 6.42. The zero-order valence-electron chi connectivity index (χ0n) is 27.6. The van der Waals surface area contributed by atoms with E-state index < -0.39 is 37.7 Å². The number of rotatable bonds is 10. The van der Waals surface area contributed by atoms with Gasteiger partial charge in [0.1, 0.15) is 6.61 Å². The Labute approximate surface area is 290 Å². The number of ether oxygens (including phenoxy) is 2. The first-order chi connectivity index (χ1) is 23.5. The molecule has 3 aliphatic rings. The molecule has 4 heterocycles. The van der Waals surface area contributed by atoms with E-state index in [1.807, 2.05) is 73.8 Å². The van der Waals surface area contributed by atoms with Crippen molar-refractivity contribution in [1.29, 1.82) is 0 Å². The van der Waals surface area contributed by atoms with Gasteiger partial charge in [-0.1, -0.05) is 66.2 Å². The summed E-state index contributed by atoms with van der Waals surface area (Å²) in [6.07, 6.45) is 1.25. The summed E-state index contributed by atoms with van der Waals surface area (Å²) in [4.78, 5) is 30.3. The van der Waals surface area contributed by atoms with Crippen molar-refractivity contribution in [3.8, 4) is 0 Å². The third-order valence-electron chi connectivity index (χ3n) is 10.2. The molecular formula is C36H39ClFN5O5Si. The molecule has 3 aliphatic heterocycles. The average molecular weight is 704 g/mol. The van der Waals surface area contributed by atoms with Crippen LogP contribution in [0.15, 0.2) is 79.0 Å². The number of carbonyl (C=O) groups is 2. The van der Waals surface area contributed by atoms with Crippen LogP contribution in [0.4, 0.5) is 20.3 Å². The number of aliphatic hydroxyl groups excluding tert-OH is 1. The highest BCUT2D eigenvalue weighted by atomic mass is 35.5. The zero-order valence-corrected chi connectivity index (χ0v) is 29.4. The first-order valence-corrected chi connectivity index (χ1v) is 19.9. The molecule has 2 amide bonds. The maximum absolute atomic E-state index is 16.4. The fourth-order valence-corrected chi connectivity index (χ4v) is 10.7. The van der Waals surface area contributed by atoms with E-state index in [-0.39, 0.29) is 25.0 Å². The first kappa shape index (κ1) is 33.4. The van der Waals surface area contributed by atoms with Gasteiger partial charge in [-0.3, -0.25) is 14.4 Å². The quantitative estimate of drug-likeness (QED) is 0.150. The summed E-state index contributed by atoms with van der Waals surface area (Å²) in [5.41, 5.74) is 2.47. The molecule has 0 radical (unpaired) electrons. The van der Waals surface area contributed by atoms with Gasteiger partial charge >= 0.3 is 6.09 Å². The summed E-state index contributed by atoms with van der Waals surface area (Å²) in [7, 11) is -3.39. The number of fused-ring (bicyclic) bond motifs is 2. The summed E-state index contributed by atoms with van der Waals surface area (Å²) < 4.78 is 30.1. The van der Waals surface area contributed by atoms with Crippen LogP contribution in [0.5, 0.6) is 0 Å². The Kier molecular flexibility index (Phi) is 8.84. The molecule has 49 heavy (non-hydrogen) atoms. The minimum atomic E-state index is -3.39. The smallest absolute Gasteiger partial charge is 0.414 e. The van der Waals surface area contributed by atoms with Gasteiger partial charge in [-0.05, 0) is 61.0 Å². The Balaban J connectivity index is 1.17. The molecule has 1 aromatic heterocycles. The average Bonchev–Trinajstić information content (AvgIpc) is 3.84. The third kappa shape index (κ3) is 5.94. The molecule has 256 valence electrons. The topological polar surface area (TPSA) is 110 Å². The molecule has 2 fully saturated rings. The maximum atomic E-state index is 16.4. The fourth-order valence-electron chi connectivity index (χ4n) is 7.98. The highest BCUT2D eigenvalue weighted by molar-refractivity contribution is 6.72. The number of cyclic esters (lactones) is 1. The normalized spacial score (nSPS) is 24.2. The number of nitrogens with zero attached hydrogens (tertiary/aromatic N) is 5. The lowest BCUT2D eigenvalue weighted by Gasteiger charge is -2.31. The number of anilines is 2. The minimum Gasteiger partial charge on any atom is -0.447 e. The predicted molar refractivity (Wildman–Crippen MR) is 186 cm³/mol. The van der Waals surface area contributed by atoms with Crippen LogP contribution in [0.2, 0.25) is 23.7 Å². The van der Waals surface area contributed by atoms with Crippen molar-refractivity contribution in [2.45, 2.75) is 62.7 Å². The van der Waals surface area contributed by atoms with Crippen LogP contribution in [0, 0.1) is 5.92 Å². The molecule has 0 saturated carbocycles. The molecule has 0 aliphatic carbocycles. The van der Waals surface area contributed by atoms with Crippen LogP contribution in [-0.4, -0.2) is 66.4 Å². The van der Waals surface area contributed by atoms with Crippen LogP contribution in [0.1, 0.15) is 41.6 Å². The van der Waals surface area contributed by atoms with Gasteiger partial charge in [0, 0.05) is 40.5 Å². The molecule has 5 atom stereocenters. The molecule has 4 aromatic rings. The molecule has 1 unspecified atom stereocenters. The van der Waals surface area contributed by atoms with E-state index in [0.29, 0.717) is 53.8 Å². The van der Waals surface area contributed by atoms with Crippen molar-refractivity contribution >= 4 is 43.4 Å². The minimum absolute atomic E-state index is 0.117. The van der Waals surface area contributed by atoms with Crippen molar-refractivity contribution in [3.63, 3.8) is 0 Å². The summed E-state index contributed by atoms with van der Waals surface area (Å²) in [5.74, 6) is -1.06. The number of amides is 2. The van der Waals surface area contributed by atoms with Crippen LogP contribution in [-0.2, 0) is 33.0 Å². The Bertz CT molecular complexity index is 1870. The van der Waals surface area contributed by atoms with Gasteiger partial charge in [0.25, 0.3) is 5.91 Å². The summed E-state index contributed by atoms with van der Waals surface area (Å²) in [6.45, 7) is 6.55. The van der Waals surface area contributed by atoms with Crippen molar-refractivity contribution in [1.82, 2.24) is 15.0 Å². The van der Waals surface area contributed by atoms with E-state index in [0.717, 1.165) is 11.1 Å².